The summed E-state index contributed by atoms with van der Waals surface area (Å²) in [6, 6.07) is 7.94. The minimum Gasteiger partial charge on any atom is -0.372 e. The van der Waals surface area contributed by atoms with Crippen LogP contribution in [0.25, 0.3) is 10.6 Å². The predicted molar refractivity (Wildman–Crippen MR) is 104 cm³/mol. The van der Waals surface area contributed by atoms with Crippen molar-refractivity contribution in [3.63, 3.8) is 0 Å². The number of aryl methyl sites for hydroxylation is 1. The number of nitrogens with zero attached hydrogens (tertiary/aromatic N) is 2. The fourth-order valence-corrected chi connectivity index (χ4v) is 4.31. The second-order valence-electron chi connectivity index (χ2n) is 6.54. The average molecular weight is 385 g/mol. The number of rotatable bonds is 2. The van der Waals surface area contributed by atoms with E-state index in [1.165, 1.54) is 29.7 Å². The fourth-order valence-electron chi connectivity index (χ4n) is 3.20. The molecule has 0 atom stereocenters. The Bertz CT molecular complexity index is 1030. The van der Waals surface area contributed by atoms with Gasteiger partial charge in [-0.3, -0.25) is 9.78 Å². The first-order valence-corrected chi connectivity index (χ1v) is 9.32. The van der Waals surface area contributed by atoms with Crippen LogP contribution in [0.5, 0.6) is 0 Å². The highest BCUT2D eigenvalue weighted by Gasteiger charge is 2.24. The van der Waals surface area contributed by atoms with Crippen LogP contribution in [0.4, 0.5) is 20.2 Å². The lowest BCUT2D eigenvalue weighted by Crippen LogP contribution is -2.19. The third kappa shape index (κ3) is 3.19. The van der Waals surface area contributed by atoms with Gasteiger partial charge in [-0.2, -0.15) is 0 Å². The van der Waals surface area contributed by atoms with E-state index in [-0.39, 0.29) is 11.6 Å². The molecule has 0 unspecified atom stereocenters. The lowest BCUT2D eigenvalue weighted by atomic mass is 10.1. The summed E-state index contributed by atoms with van der Waals surface area (Å²) in [5.74, 6) is -1.22. The van der Waals surface area contributed by atoms with E-state index >= 15 is 0 Å². The standard InChI is InChI=1S/C20H17F2N3OS/c1-11-4-3-5-14(22)17(11)24-20(26)16-8-12-6-7-25(2)15-9-13(21)10-23-18(15)19(12)27-16/h3-5,8-10H,6-7H2,1-2H3,(H,24,26). The van der Waals surface area contributed by atoms with Gasteiger partial charge in [0.25, 0.3) is 5.91 Å². The molecule has 7 heteroatoms. The number of anilines is 2. The van der Waals surface area contributed by atoms with Crippen molar-refractivity contribution in [3.8, 4) is 10.6 Å². The van der Waals surface area contributed by atoms with E-state index in [2.05, 4.69) is 10.3 Å². The number of nitrogens with one attached hydrogen (secondary N) is 1. The van der Waals surface area contributed by atoms with Crippen molar-refractivity contribution in [1.29, 1.82) is 0 Å². The highest BCUT2D eigenvalue weighted by molar-refractivity contribution is 7.17. The number of aromatic nitrogens is 1. The summed E-state index contributed by atoms with van der Waals surface area (Å²) in [4.78, 5) is 20.2. The van der Waals surface area contributed by atoms with E-state index in [0.29, 0.717) is 34.8 Å². The number of carbonyl (C=O) groups excluding carboxylic acids is 1. The minimum atomic E-state index is -0.467. The molecule has 4 nitrogen and oxygen atoms in total. The lowest BCUT2D eigenvalue weighted by Gasteiger charge is -2.18. The number of hydrogen-bond acceptors (Lipinski definition) is 4. The number of likely N-dealkylation sites (N-methyl/N-ethyl adjacent to an activating group) is 1. The molecule has 0 radical (unpaired) electrons. The maximum absolute atomic E-state index is 14.0. The number of para-hydroxylation sites is 1. The molecule has 27 heavy (non-hydrogen) atoms. The summed E-state index contributed by atoms with van der Waals surface area (Å²) >= 11 is 1.29. The van der Waals surface area contributed by atoms with Gasteiger partial charge in [0.15, 0.2) is 0 Å². The Hall–Kier alpha value is -2.80. The van der Waals surface area contributed by atoms with Gasteiger partial charge in [-0.15, -0.1) is 11.3 Å². The Morgan fingerprint density at radius 1 is 1.30 bits per heavy atom. The molecule has 4 rings (SSSR count). The van der Waals surface area contributed by atoms with Gasteiger partial charge in [-0.25, -0.2) is 8.78 Å². The van der Waals surface area contributed by atoms with Crippen LogP contribution in [0.1, 0.15) is 20.8 Å². The molecular formula is C20H17F2N3OS. The van der Waals surface area contributed by atoms with E-state index < -0.39 is 11.6 Å². The third-order valence-electron chi connectivity index (χ3n) is 4.67. The Kier molecular flexibility index (Phi) is 4.39. The first-order chi connectivity index (χ1) is 12.9. The van der Waals surface area contributed by atoms with Crippen LogP contribution in [-0.2, 0) is 6.42 Å². The van der Waals surface area contributed by atoms with Crippen molar-refractivity contribution in [2.75, 3.05) is 23.8 Å². The molecule has 0 bridgehead atoms. The van der Waals surface area contributed by atoms with E-state index in [4.69, 9.17) is 0 Å². The molecular weight excluding hydrogens is 368 g/mol. The van der Waals surface area contributed by atoms with E-state index in [1.807, 2.05) is 18.0 Å². The van der Waals surface area contributed by atoms with Crippen molar-refractivity contribution < 1.29 is 13.6 Å². The second-order valence-corrected chi connectivity index (χ2v) is 7.60. The van der Waals surface area contributed by atoms with Crippen LogP contribution >= 0.6 is 11.3 Å². The quantitative estimate of drug-likeness (QED) is 0.699. The van der Waals surface area contributed by atoms with Gasteiger partial charge in [0.1, 0.15) is 17.3 Å². The third-order valence-corrected chi connectivity index (χ3v) is 5.85. The van der Waals surface area contributed by atoms with Gasteiger partial charge in [0.05, 0.1) is 27.3 Å². The Morgan fingerprint density at radius 3 is 2.89 bits per heavy atom. The van der Waals surface area contributed by atoms with Crippen LogP contribution in [0.3, 0.4) is 0 Å². The van der Waals surface area contributed by atoms with E-state index in [1.54, 1.807) is 19.1 Å². The van der Waals surface area contributed by atoms with Crippen LogP contribution in [0.15, 0.2) is 36.5 Å². The van der Waals surface area contributed by atoms with Crippen LogP contribution in [0.2, 0.25) is 0 Å². The van der Waals surface area contributed by atoms with Gasteiger partial charge < -0.3 is 10.2 Å². The average Bonchev–Trinajstić information content (AvgIpc) is 3.02. The van der Waals surface area contributed by atoms with E-state index in [0.717, 1.165) is 10.4 Å². The summed E-state index contributed by atoms with van der Waals surface area (Å²) in [5.41, 5.74) is 3.20. The molecule has 0 saturated heterocycles. The number of halogens is 2. The molecule has 0 aliphatic carbocycles. The Balaban J connectivity index is 1.71. The molecule has 0 fully saturated rings. The topological polar surface area (TPSA) is 45.2 Å². The number of benzene rings is 1. The van der Waals surface area contributed by atoms with Crippen molar-refractivity contribution in [1.82, 2.24) is 4.98 Å². The van der Waals surface area contributed by atoms with Gasteiger partial charge in [-0.05, 0) is 36.6 Å². The van der Waals surface area contributed by atoms with Crippen LogP contribution < -0.4 is 10.2 Å². The van der Waals surface area contributed by atoms with Crippen molar-refractivity contribution in [2.24, 2.45) is 0 Å². The van der Waals surface area contributed by atoms with Crippen molar-refractivity contribution in [2.45, 2.75) is 13.3 Å². The fraction of sp³-hybridized carbons (Fsp3) is 0.200. The monoisotopic (exact) mass is 385 g/mol. The normalized spacial score (nSPS) is 13.0. The number of hydrogen-bond donors (Lipinski definition) is 1. The van der Waals surface area contributed by atoms with Crippen molar-refractivity contribution in [3.05, 3.63) is 64.2 Å². The summed E-state index contributed by atoms with van der Waals surface area (Å²) in [6.07, 6.45) is 1.90. The zero-order valence-corrected chi connectivity index (χ0v) is 15.7. The Labute approximate surface area is 159 Å². The summed E-state index contributed by atoms with van der Waals surface area (Å²) in [7, 11) is 1.89. The molecule has 3 heterocycles. The number of amides is 1. The maximum Gasteiger partial charge on any atom is 0.265 e. The molecule has 3 aromatic rings. The molecule has 1 amide bonds. The van der Waals surface area contributed by atoms with Gasteiger partial charge in [-0.1, -0.05) is 12.1 Å². The molecule has 2 aromatic heterocycles. The minimum absolute atomic E-state index is 0.187. The SMILES string of the molecule is Cc1cccc(F)c1NC(=O)c1cc2c(s1)-c1ncc(F)cc1N(C)CC2. The first-order valence-electron chi connectivity index (χ1n) is 8.50. The summed E-state index contributed by atoms with van der Waals surface area (Å²) in [6.45, 7) is 2.43. The Morgan fingerprint density at radius 2 is 2.11 bits per heavy atom. The number of carbonyl (C=O) groups is 1. The second kappa shape index (κ2) is 6.74. The largest absolute Gasteiger partial charge is 0.372 e. The van der Waals surface area contributed by atoms with Crippen LogP contribution in [0, 0.1) is 18.6 Å². The highest BCUT2D eigenvalue weighted by atomic mass is 32.1. The van der Waals surface area contributed by atoms with Crippen LogP contribution in [-0.4, -0.2) is 24.5 Å². The predicted octanol–water partition coefficient (Wildman–Crippen LogP) is 4.64. The number of pyridine rings is 1. The maximum atomic E-state index is 14.0. The van der Waals surface area contributed by atoms with Crippen molar-refractivity contribution >= 4 is 28.6 Å². The van der Waals surface area contributed by atoms with E-state index in [9.17, 15) is 13.6 Å². The molecule has 1 aliphatic rings. The molecule has 0 saturated carbocycles. The first kappa shape index (κ1) is 17.6. The van der Waals surface area contributed by atoms with Gasteiger partial charge in [0, 0.05) is 19.7 Å². The molecule has 138 valence electrons. The zero-order chi connectivity index (χ0) is 19.1. The zero-order valence-electron chi connectivity index (χ0n) is 14.8. The van der Waals surface area contributed by atoms with Gasteiger partial charge >= 0.3 is 0 Å². The molecule has 0 spiro atoms. The smallest absolute Gasteiger partial charge is 0.265 e. The van der Waals surface area contributed by atoms with Gasteiger partial charge in [0.2, 0.25) is 0 Å². The summed E-state index contributed by atoms with van der Waals surface area (Å²) < 4.78 is 27.7. The number of thiophene rings is 1. The lowest BCUT2D eigenvalue weighted by molar-refractivity contribution is 0.103. The molecule has 1 N–H and O–H groups in total. The highest BCUT2D eigenvalue weighted by Crippen LogP contribution is 2.40. The summed E-state index contributed by atoms with van der Waals surface area (Å²) in [5, 5.41) is 2.67. The number of fused-ring (bicyclic) bond motifs is 3. The molecule has 1 aromatic carbocycles. The molecule has 1 aliphatic heterocycles.